The van der Waals surface area contributed by atoms with E-state index in [1.165, 1.54) is 5.56 Å². The lowest BCUT2D eigenvalue weighted by molar-refractivity contribution is 0.0697. The molecule has 0 saturated heterocycles. The summed E-state index contributed by atoms with van der Waals surface area (Å²) in [5, 5.41) is 9.17. The van der Waals surface area contributed by atoms with Crippen molar-refractivity contribution in [1.29, 1.82) is 0 Å². The zero-order valence-corrected chi connectivity index (χ0v) is 14.7. The van der Waals surface area contributed by atoms with E-state index < -0.39 is 5.97 Å². The number of aromatic nitrogens is 2. The number of aryl methyl sites for hydroxylation is 3. The average Bonchev–Trinajstić information content (AvgIpc) is 2.91. The molecule has 0 spiro atoms. The summed E-state index contributed by atoms with van der Waals surface area (Å²) in [6.07, 6.45) is 0.961. The van der Waals surface area contributed by atoms with E-state index in [1.807, 2.05) is 25.1 Å². The third kappa shape index (κ3) is 3.50. The molecule has 0 aliphatic heterocycles. The van der Waals surface area contributed by atoms with Gasteiger partial charge < -0.3 is 14.4 Å². The van der Waals surface area contributed by atoms with Gasteiger partial charge >= 0.3 is 5.97 Å². The highest BCUT2D eigenvalue weighted by Gasteiger charge is 2.13. The topological polar surface area (TPSA) is 64.4 Å². The number of ether oxygens (including phenoxy) is 1. The van der Waals surface area contributed by atoms with Gasteiger partial charge in [0.15, 0.2) is 0 Å². The second kappa shape index (κ2) is 6.97. The van der Waals surface area contributed by atoms with Gasteiger partial charge in [0.25, 0.3) is 0 Å². The number of carboxylic acid groups (broad SMARTS) is 1. The molecule has 5 nitrogen and oxygen atoms in total. The number of carbonyl (C=O) groups is 1. The number of imidazole rings is 1. The van der Waals surface area contributed by atoms with Crippen molar-refractivity contribution < 1.29 is 14.6 Å². The Kier molecular flexibility index (Phi) is 4.74. The van der Waals surface area contributed by atoms with Crippen LogP contribution >= 0.6 is 0 Å². The Balaban J connectivity index is 1.93. The molecule has 5 heteroatoms. The molecule has 0 aliphatic rings. The minimum Gasteiger partial charge on any atom is -0.485 e. The van der Waals surface area contributed by atoms with E-state index in [9.17, 15) is 4.79 Å². The van der Waals surface area contributed by atoms with E-state index in [-0.39, 0.29) is 5.56 Å². The zero-order valence-electron chi connectivity index (χ0n) is 14.7. The molecule has 1 aromatic heterocycles. The molecule has 1 N–H and O–H groups in total. The van der Waals surface area contributed by atoms with Crippen LogP contribution in [0.4, 0.5) is 0 Å². The fourth-order valence-corrected chi connectivity index (χ4v) is 3.00. The lowest BCUT2D eigenvalue weighted by Gasteiger charge is -2.11. The van der Waals surface area contributed by atoms with Crippen LogP contribution in [0.1, 0.15) is 40.7 Å². The molecule has 3 aromatic rings. The van der Waals surface area contributed by atoms with Gasteiger partial charge in [0, 0.05) is 6.54 Å². The highest BCUT2D eigenvalue weighted by molar-refractivity contribution is 5.92. The molecule has 0 saturated carbocycles. The highest BCUT2D eigenvalue weighted by atomic mass is 16.5. The summed E-state index contributed by atoms with van der Waals surface area (Å²) >= 11 is 0. The number of hydrogen-bond donors (Lipinski definition) is 1. The Labute approximate surface area is 146 Å². The largest absolute Gasteiger partial charge is 0.485 e. The van der Waals surface area contributed by atoms with Crippen LogP contribution in [0.2, 0.25) is 0 Å². The predicted molar refractivity (Wildman–Crippen MR) is 97.2 cm³/mol. The van der Waals surface area contributed by atoms with Crippen molar-refractivity contribution in [2.45, 2.75) is 40.3 Å². The van der Waals surface area contributed by atoms with Crippen LogP contribution in [0.25, 0.3) is 11.0 Å². The summed E-state index contributed by atoms with van der Waals surface area (Å²) < 4.78 is 8.07. The maximum atomic E-state index is 11.2. The summed E-state index contributed by atoms with van der Waals surface area (Å²) in [7, 11) is 0. The maximum Gasteiger partial charge on any atom is 0.335 e. The van der Waals surface area contributed by atoms with Gasteiger partial charge in [0.2, 0.25) is 0 Å². The van der Waals surface area contributed by atoms with Crippen molar-refractivity contribution in [3.63, 3.8) is 0 Å². The number of fused-ring (bicyclic) bond motifs is 1. The summed E-state index contributed by atoms with van der Waals surface area (Å²) in [5.41, 5.74) is 4.16. The van der Waals surface area contributed by atoms with Crippen LogP contribution in [0.5, 0.6) is 5.75 Å². The molecular formula is C20H22N2O3. The smallest absolute Gasteiger partial charge is 0.335 e. The molecule has 0 aliphatic carbocycles. The van der Waals surface area contributed by atoms with Crippen LogP contribution in [0.3, 0.4) is 0 Å². The number of aromatic carboxylic acids is 1. The minimum absolute atomic E-state index is 0.246. The van der Waals surface area contributed by atoms with Gasteiger partial charge in [-0.05, 0) is 50.1 Å². The van der Waals surface area contributed by atoms with E-state index in [0.717, 1.165) is 35.6 Å². The lowest BCUT2D eigenvalue weighted by Crippen LogP contribution is -2.07. The van der Waals surface area contributed by atoms with Gasteiger partial charge in [-0.2, -0.15) is 0 Å². The summed E-state index contributed by atoms with van der Waals surface area (Å²) in [6, 6.07) is 11.1. The average molecular weight is 338 g/mol. The van der Waals surface area contributed by atoms with E-state index in [2.05, 4.69) is 29.5 Å². The molecule has 130 valence electrons. The first-order valence-corrected chi connectivity index (χ1v) is 8.42. The van der Waals surface area contributed by atoms with Gasteiger partial charge in [0.1, 0.15) is 18.2 Å². The summed E-state index contributed by atoms with van der Waals surface area (Å²) in [4.78, 5) is 15.8. The first kappa shape index (κ1) is 17.0. The maximum absolute atomic E-state index is 11.2. The van der Waals surface area contributed by atoms with Crippen molar-refractivity contribution in [2.24, 2.45) is 0 Å². The van der Waals surface area contributed by atoms with Crippen LogP contribution in [0.15, 0.2) is 36.4 Å². The van der Waals surface area contributed by atoms with Crippen molar-refractivity contribution >= 4 is 17.0 Å². The molecular weight excluding hydrogens is 316 g/mol. The first-order chi connectivity index (χ1) is 12.0. The molecule has 3 rings (SSSR count). The van der Waals surface area contributed by atoms with Gasteiger partial charge in [-0.15, -0.1) is 0 Å². The summed E-state index contributed by atoms with van der Waals surface area (Å²) in [5.74, 6) is 0.700. The molecule has 2 aromatic carbocycles. The predicted octanol–water partition coefficient (Wildman–Crippen LogP) is 4.34. The number of rotatable bonds is 6. The van der Waals surface area contributed by atoms with Gasteiger partial charge in [-0.3, -0.25) is 0 Å². The van der Waals surface area contributed by atoms with E-state index in [4.69, 9.17) is 9.84 Å². The third-order valence-corrected chi connectivity index (χ3v) is 4.21. The third-order valence-electron chi connectivity index (χ3n) is 4.21. The van der Waals surface area contributed by atoms with Crippen molar-refractivity contribution in [3.8, 4) is 5.75 Å². The second-order valence-corrected chi connectivity index (χ2v) is 6.25. The SMILES string of the molecule is CCCn1c(COc2ccc(C)cc2C)nc2cc(C(=O)O)ccc21. The van der Waals surface area contributed by atoms with Gasteiger partial charge in [0.05, 0.1) is 16.6 Å². The second-order valence-electron chi connectivity index (χ2n) is 6.25. The van der Waals surface area contributed by atoms with E-state index in [1.54, 1.807) is 12.1 Å². The van der Waals surface area contributed by atoms with Crippen LogP contribution in [0, 0.1) is 13.8 Å². The molecule has 25 heavy (non-hydrogen) atoms. The molecule has 0 unspecified atom stereocenters. The van der Waals surface area contributed by atoms with Crippen LogP contribution in [-0.2, 0) is 13.2 Å². The Morgan fingerprint density at radius 1 is 1.20 bits per heavy atom. The fourth-order valence-electron chi connectivity index (χ4n) is 3.00. The summed E-state index contributed by atoms with van der Waals surface area (Å²) in [6.45, 7) is 7.34. The quantitative estimate of drug-likeness (QED) is 0.726. The Bertz CT molecular complexity index is 928. The fraction of sp³-hybridized carbons (Fsp3) is 0.300. The van der Waals surface area contributed by atoms with Crippen LogP contribution in [-0.4, -0.2) is 20.6 Å². The number of benzene rings is 2. The number of carboxylic acids is 1. The normalized spacial score (nSPS) is 11.0. The molecule has 1 heterocycles. The highest BCUT2D eigenvalue weighted by Crippen LogP contribution is 2.23. The molecule has 0 fully saturated rings. The van der Waals surface area contributed by atoms with Crippen molar-refractivity contribution in [3.05, 3.63) is 58.9 Å². The molecule has 0 amide bonds. The van der Waals surface area contributed by atoms with Crippen LogP contribution < -0.4 is 4.74 Å². The molecule has 0 radical (unpaired) electrons. The Morgan fingerprint density at radius 3 is 2.68 bits per heavy atom. The Hall–Kier alpha value is -2.82. The minimum atomic E-state index is -0.944. The van der Waals surface area contributed by atoms with Gasteiger partial charge in [-0.25, -0.2) is 9.78 Å². The molecule has 0 bridgehead atoms. The number of nitrogens with zero attached hydrogens (tertiary/aromatic N) is 2. The van der Waals surface area contributed by atoms with Gasteiger partial charge in [-0.1, -0.05) is 24.6 Å². The Morgan fingerprint density at radius 2 is 2.00 bits per heavy atom. The van der Waals surface area contributed by atoms with Crippen molar-refractivity contribution in [1.82, 2.24) is 9.55 Å². The standard InChI is InChI=1S/C20H22N2O3/c1-4-9-22-17-7-6-15(20(23)24)11-16(17)21-19(22)12-25-18-8-5-13(2)10-14(18)3/h5-8,10-11H,4,9,12H2,1-3H3,(H,23,24). The van der Waals surface area contributed by atoms with Crippen molar-refractivity contribution in [2.75, 3.05) is 0 Å². The monoisotopic (exact) mass is 338 g/mol. The first-order valence-electron chi connectivity index (χ1n) is 8.42. The van der Waals surface area contributed by atoms with E-state index >= 15 is 0 Å². The zero-order chi connectivity index (χ0) is 18.0. The lowest BCUT2D eigenvalue weighted by atomic mass is 10.1. The van der Waals surface area contributed by atoms with E-state index in [0.29, 0.717) is 12.1 Å². The molecule has 0 atom stereocenters. The number of hydrogen-bond acceptors (Lipinski definition) is 3.